The van der Waals surface area contributed by atoms with Gasteiger partial charge in [0.25, 0.3) is 0 Å². The minimum atomic E-state index is 0. The van der Waals surface area contributed by atoms with Gasteiger partial charge in [-0.2, -0.15) is 0 Å². The van der Waals surface area contributed by atoms with Gasteiger partial charge in [0.15, 0.2) is 0 Å². The lowest BCUT2D eigenvalue weighted by molar-refractivity contribution is -0.130. The molecule has 0 saturated carbocycles. The Kier molecular flexibility index (Phi) is 9.35. The van der Waals surface area contributed by atoms with Crippen LogP contribution in [0.25, 0.3) is 0 Å². The SMILES string of the molecule is Cc1cccc(N2CCN(CCC(=O)N3CCC(C)(CN)C3)CC2)c1.Cl.Cl. The molecule has 1 unspecified atom stereocenters. The van der Waals surface area contributed by atoms with Gasteiger partial charge in [-0.15, -0.1) is 24.8 Å². The van der Waals surface area contributed by atoms with Crippen LogP contribution in [0.5, 0.6) is 0 Å². The van der Waals surface area contributed by atoms with Crippen LogP contribution in [0.2, 0.25) is 0 Å². The Labute approximate surface area is 176 Å². The zero-order valence-corrected chi connectivity index (χ0v) is 18.2. The number of likely N-dealkylation sites (tertiary alicyclic amines) is 1. The molecule has 2 N–H and O–H groups in total. The molecular weight excluding hydrogens is 383 g/mol. The van der Waals surface area contributed by atoms with Gasteiger partial charge in [0.2, 0.25) is 5.91 Å². The summed E-state index contributed by atoms with van der Waals surface area (Å²) in [5.41, 5.74) is 8.58. The minimum absolute atomic E-state index is 0. The highest BCUT2D eigenvalue weighted by Crippen LogP contribution is 2.28. The minimum Gasteiger partial charge on any atom is -0.369 e. The third-order valence-electron chi connectivity index (χ3n) is 5.78. The van der Waals surface area contributed by atoms with E-state index in [1.54, 1.807) is 0 Å². The van der Waals surface area contributed by atoms with Crippen LogP contribution in [0.15, 0.2) is 24.3 Å². The average Bonchev–Trinajstić information content (AvgIpc) is 3.03. The second kappa shape index (κ2) is 10.5. The van der Waals surface area contributed by atoms with Crippen molar-refractivity contribution in [2.45, 2.75) is 26.7 Å². The van der Waals surface area contributed by atoms with Crippen LogP contribution < -0.4 is 10.6 Å². The molecule has 3 rings (SSSR count). The number of benzene rings is 1. The second-order valence-electron chi connectivity index (χ2n) is 8.00. The highest BCUT2D eigenvalue weighted by atomic mass is 35.5. The number of carbonyl (C=O) groups excluding carboxylic acids is 1. The molecule has 0 spiro atoms. The molecule has 0 radical (unpaired) electrons. The number of nitrogens with two attached hydrogens (primary N) is 1. The third kappa shape index (κ3) is 6.24. The molecule has 154 valence electrons. The van der Waals surface area contributed by atoms with Crippen molar-refractivity contribution in [3.63, 3.8) is 0 Å². The Balaban J connectivity index is 0.00000182. The molecular formula is C20H34Cl2N4O. The number of amides is 1. The molecule has 2 saturated heterocycles. The monoisotopic (exact) mass is 416 g/mol. The maximum absolute atomic E-state index is 12.5. The van der Waals surface area contributed by atoms with Crippen LogP contribution in [0.3, 0.4) is 0 Å². The highest BCUT2D eigenvalue weighted by Gasteiger charge is 2.34. The van der Waals surface area contributed by atoms with Gasteiger partial charge in [-0.3, -0.25) is 9.69 Å². The number of carbonyl (C=O) groups is 1. The summed E-state index contributed by atoms with van der Waals surface area (Å²) in [6.45, 7) is 11.7. The quantitative estimate of drug-likeness (QED) is 0.800. The smallest absolute Gasteiger partial charge is 0.223 e. The fraction of sp³-hybridized carbons (Fsp3) is 0.650. The zero-order valence-electron chi connectivity index (χ0n) is 16.5. The standard InChI is InChI=1S/C20H32N4O.2ClH/c1-17-4-3-5-18(14-17)23-12-10-22(11-13-23)8-6-19(25)24-9-7-20(2,15-21)16-24;;/h3-5,14H,6-13,15-16,21H2,1-2H3;2*1H. The molecule has 1 aromatic carbocycles. The van der Waals surface area contributed by atoms with Crippen molar-refractivity contribution >= 4 is 36.4 Å². The van der Waals surface area contributed by atoms with Gasteiger partial charge in [-0.1, -0.05) is 19.1 Å². The van der Waals surface area contributed by atoms with E-state index < -0.39 is 0 Å². The largest absolute Gasteiger partial charge is 0.369 e. The van der Waals surface area contributed by atoms with E-state index in [4.69, 9.17) is 5.73 Å². The van der Waals surface area contributed by atoms with Gasteiger partial charge in [-0.25, -0.2) is 0 Å². The molecule has 2 fully saturated rings. The fourth-order valence-electron chi connectivity index (χ4n) is 3.87. The number of nitrogens with zero attached hydrogens (tertiary/aromatic N) is 3. The van der Waals surface area contributed by atoms with Crippen LogP contribution in [-0.2, 0) is 4.79 Å². The summed E-state index contributed by atoms with van der Waals surface area (Å²) in [6, 6.07) is 8.70. The first-order valence-electron chi connectivity index (χ1n) is 9.51. The van der Waals surface area contributed by atoms with Crippen LogP contribution in [0.1, 0.15) is 25.3 Å². The van der Waals surface area contributed by atoms with E-state index in [0.717, 1.165) is 52.2 Å². The molecule has 2 heterocycles. The molecule has 2 aliphatic heterocycles. The highest BCUT2D eigenvalue weighted by molar-refractivity contribution is 5.85. The van der Waals surface area contributed by atoms with Crippen molar-refractivity contribution in [2.75, 3.05) is 57.3 Å². The lowest BCUT2D eigenvalue weighted by Crippen LogP contribution is -2.47. The summed E-state index contributed by atoms with van der Waals surface area (Å²) in [5, 5.41) is 0. The maximum atomic E-state index is 12.5. The number of halogens is 2. The maximum Gasteiger partial charge on any atom is 0.223 e. The Morgan fingerprint density at radius 2 is 1.85 bits per heavy atom. The van der Waals surface area contributed by atoms with E-state index >= 15 is 0 Å². The molecule has 0 aliphatic carbocycles. The van der Waals surface area contributed by atoms with Gasteiger partial charge in [0.05, 0.1) is 0 Å². The van der Waals surface area contributed by atoms with E-state index in [2.05, 4.69) is 47.9 Å². The van der Waals surface area contributed by atoms with E-state index in [-0.39, 0.29) is 30.2 Å². The predicted molar refractivity (Wildman–Crippen MR) is 117 cm³/mol. The van der Waals surface area contributed by atoms with E-state index in [9.17, 15) is 4.79 Å². The summed E-state index contributed by atoms with van der Waals surface area (Å²) in [5.74, 6) is 0.290. The lowest BCUT2D eigenvalue weighted by Gasteiger charge is -2.36. The number of rotatable bonds is 5. The lowest BCUT2D eigenvalue weighted by atomic mass is 9.90. The van der Waals surface area contributed by atoms with Crippen LogP contribution in [0.4, 0.5) is 5.69 Å². The summed E-state index contributed by atoms with van der Waals surface area (Å²) in [6.07, 6.45) is 1.66. The average molecular weight is 417 g/mol. The van der Waals surface area contributed by atoms with Gasteiger partial charge < -0.3 is 15.5 Å². The first-order chi connectivity index (χ1) is 12.0. The van der Waals surface area contributed by atoms with Crippen LogP contribution in [-0.4, -0.2) is 68.1 Å². The fourth-order valence-corrected chi connectivity index (χ4v) is 3.87. The van der Waals surface area contributed by atoms with E-state index in [1.807, 2.05) is 4.90 Å². The Hall–Kier alpha value is -1.01. The summed E-state index contributed by atoms with van der Waals surface area (Å²) < 4.78 is 0. The Bertz CT molecular complexity index is 607. The molecule has 2 aliphatic rings. The number of piperazine rings is 1. The predicted octanol–water partition coefficient (Wildman–Crippen LogP) is 2.55. The molecule has 1 amide bonds. The molecule has 5 nitrogen and oxygen atoms in total. The van der Waals surface area contributed by atoms with Crippen molar-refractivity contribution < 1.29 is 4.79 Å². The Morgan fingerprint density at radius 3 is 2.44 bits per heavy atom. The number of hydrogen-bond acceptors (Lipinski definition) is 4. The molecule has 0 aromatic heterocycles. The molecule has 0 bridgehead atoms. The summed E-state index contributed by atoms with van der Waals surface area (Å²) in [4.78, 5) is 19.3. The van der Waals surface area contributed by atoms with Crippen molar-refractivity contribution in [1.82, 2.24) is 9.80 Å². The van der Waals surface area contributed by atoms with Gasteiger partial charge >= 0.3 is 0 Å². The zero-order chi connectivity index (χ0) is 17.9. The number of anilines is 1. The van der Waals surface area contributed by atoms with Crippen LogP contribution >= 0.6 is 24.8 Å². The van der Waals surface area contributed by atoms with E-state index in [1.165, 1.54) is 11.3 Å². The normalized spacial score (nSPS) is 22.9. The number of hydrogen-bond donors (Lipinski definition) is 1. The summed E-state index contributed by atoms with van der Waals surface area (Å²) >= 11 is 0. The molecule has 7 heteroatoms. The van der Waals surface area contributed by atoms with Crippen molar-refractivity contribution in [2.24, 2.45) is 11.1 Å². The van der Waals surface area contributed by atoms with Gasteiger partial charge in [0, 0.05) is 57.9 Å². The first-order valence-corrected chi connectivity index (χ1v) is 9.51. The second-order valence-corrected chi connectivity index (χ2v) is 8.00. The van der Waals surface area contributed by atoms with Crippen molar-refractivity contribution in [3.05, 3.63) is 29.8 Å². The van der Waals surface area contributed by atoms with Crippen LogP contribution in [0, 0.1) is 12.3 Å². The number of aryl methyl sites for hydroxylation is 1. The van der Waals surface area contributed by atoms with Crippen molar-refractivity contribution in [1.29, 1.82) is 0 Å². The molecule has 1 aromatic rings. The van der Waals surface area contributed by atoms with E-state index in [0.29, 0.717) is 18.9 Å². The molecule has 1 atom stereocenters. The van der Waals surface area contributed by atoms with Gasteiger partial charge in [0.1, 0.15) is 0 Å². The summed E-state index contributed by atoms with van der Waals surface area (Å²) in [7, 11) is 0. The molecule has 27 heavy (non-hydrogen) atoms. The van der Waals surface area contributed by atoms with Gasteiger partial charge in [-0.05, 0) is 43.0 Å². The third-order valence-corrected chi connectivity index (χ3v) is 5.78. The first kappa shape index (κ1) is 24.0. The van der Waals surface area contributed by atoms with Crippen molar-refractivity contribution in [3.8, 4) is 0 Å². The topological polar surface area (TPSA) is 52.8 Å². The Morgan fingerprint density at radius 1 is 1.15 bits per heavy atom.